The number of carbonyl (C=O) groups excluding carboxylic acids is 1. The normalized spacial score (nSPS) is 10.5. The Morgan fingerprint density at radius 1 is 1.16 bits per heavy atom. The minimum atomic E-state index is -0.0914. The third-order valence-electron chi connectivity index (χ3n) is 3.79. The van der Waals surface area contributed by atoms with Crippen molar-refractivity contribution in [3.05, 3.63) is 23.8 Å². The maximum absolute atomic E-state index is 11.9. The van der Waals surface area contributed by atoms with Crippen LogP contribution in [0.25, 0.3) is 0 Å². The number of rotatable bonds is 14. The van der Waals surface area contributed by atoms with Gasteiger partial charge in [0.1, 0.15) is 0 Å². The van der Waals surface area contributed by atoms with Gasteiger partial charge in [-0.25, -0.2) is 0 Å². The number of hydrogen-bond acceptors (Lipinski definition) is 6. The van der Waals surface area contributed by atoms with Crippen LogP contribution in [0.1, 0.15) is 57.4 Å². The third kappa shape index (κ3) is 9.57. The number of methoxy groups -OCH3 is 1. The van der Waals surface area contributed by atoms with Gasteiger partial charge in [-0.05, 0) is 24.1 Å². The number of benzene rings is 1. The second-order valence-corrected chi connectivity index (χ2v) is 6.12. The van der Waals surface area contributed by atoms with Gasteiger partial charge < -0.3 is 19.3 Å². The first-order valence-electron chi connectivity index (χ1n) is 8.70. The van der Waals surface area contributed by atoms with Gasteiger partial charge in [0.15, 0.2) is 23.8 Å². The van der Waals surface area contributed by atoms with E-state index in [1.165, 1.54) is 25.7 Å². The van der Waals surface area contributed by atoms with Crippen LogP contribution in [-0.2, 0) is 15.5 Å². The lowest BCUT2D eigenvalue weighted by Crippen LogP contribution is -2.22. The van der Waals surface area contributed by atoms with Crippen LogP contribution in [0.5, 0.6) is 11.5 Å². The standard InChI is InChI=1S/C18H29NO5S/c1-3-4-5-6-7-8-9-18(20)19-13-15-10-11-16(17(12-15)22-2)23-14-24-25-21/h10-12,21H,3-9,13-14H2,1-2H3,(H,19,20). The van der Waals surface area contributed by atoms with Gasteiger partial charge in [0, 0.05) is 13.0 Å². The number of carbonyl (C=O) groups is 1. The molecular weight excluding hydrogens is 342 g/mol. The van der Waals surface area contributed by atoms with Gasteiger partial charge in [0.25, 0.3) is 0 Å². The van der Waals surface area contributed by atoms with Crippen molar-refractivity contribution in [1.29, 1.82) is 0 Å². The summed E-state index contributed by atoms with van der Waals surface area (Å²) >= 11 is 0.247. The number of nitrogens with one attached hydrogen (secondary N) is 1. The summed E-state index contributed by atoms with van der Waals surface area (Å²) in [7, 11) is 1.55. The molecule has 142 valence electrons. The lowest BCUT2D eigenvalue weighted by Gasteiger charge is -2.12. The summed E-state index contributed by atoms with van der Waals surface area (Å²) in [5.74, 6) is 1.14. The van der Waals surface area contributed by atoms with Gasteiger partial charge in [-0.3, -0.25) is 8.98 Å². The molecule has 0 heterocycles. The van der Waals surface area contributed by atoms with Crippen molar-refractivity contribution >= 4 is 18.2 Å². The van der Waals surface area contributed by atoms with E-state index in [4.69, 9.17) is 14.0 Å². The highest BCUT2D eigenvalue weighted by atomic mass is 32.2. The summed E-state index contributed by atoms with van der Waals surface area (Å²) in [5.41, 5.74) is 0.929. The van der Waals surface area contributed by atoms with Gasteiger partial charge in [-0.15, -0.1) is 0 Å². The summed E-state index contributed by atoms with van der Waals surface area (Å²) in [6.07, 6.45) is 7.60. The summed E-state index contributed by atoms with van der Waals surface area (Å²) in [6, 6.07) is 5.42. The second-order valence-electron chi connectivity index (χ2n) is 5.73. The largest absolute Gasteiger partial charge is 0.493 e. The van der Waals surface area contributed by atoms with E-state index >= 15 is 0 Å². The molecule has 0 bridgehead atoms. The van der Waals surface area contributed by atoms with Gasteiger partial charge in [0.05, 0.1) is 7.11 Å². The minimum Gasteiger partial charge on any atom is -0.493 e. The van der Waals surface area contributed by atoms with E-state index in [9.17, 15) is 4.79 Å². The SMILES string of the molecule is CCCCCCCCC(=O)NCc1ccc(OCOSO)c(OC)c1. The van der Waals surface area contributed by atoms with Crippen LogP contribution < -0.4 is 14.8 Å². The fourth-order valence-electron chi connectivity index (χ4n) is 2.41. The predicted octanol–water partition coefficient (Wildman–Crippen LogP) is 4.54. The van der Waals surface area contributed by atoms with Crippen LogP contribution in [0.4, 0.5) is 0 Å². The van der Waals surface area contributed by atoms with Gasteiger partial charge in [0.2, 0.25) is 12.7 Å². The predicted molar refractivity (Wildman–Crippen MR) is 99.6 cm³/mol. The zero-order valence-corrected chi connectivity index (χ0v) is 15.9. The quantitative estimate of drug-likeness (QED) is 0.284. The molecule has 0 fully saturated rings. The number of hydrogen-bond donors (Lipinski definition) is 2. The van der Waals surface area contributed by atoms with Gasteiger partial charge in [-0.1, -0.05) is 45.1 Å². The average Bonchev–Trinajstić information content (AvgIpc) is 2.63. The van der Waals surface area contributed by atoms with E-state index in [1.54, 1.807) is 13.2 Å². The van der Waals surface area contributed by atoms with E-state index < -0.39 is 0 Å². The average molecular weight is 371 g/mol. The monoisotopic (exact) mass is 371 g/mol. The van der Waals surface area contributed by atoms with Crippen LogP contribution in [0.3, 0.4) is 0 Å². The molecule has 0 saturated carbocycles. The summed E-state index contributed by atoms with van der Waals surface area (Å²) in [6.45, 7) is 2.56. The van der Waals surface area contributed by atoms with Crippen LogP contribution in [0.15, 0.2) is 18.2 Å². The Labute approximate surface area is 154 Å². The van der Waals surface area contributed by atoms with Gasteiger partial charge >= 0.3 is 0 Å². The van der Waals surface area contributed by atoms with Crippen molar-refractivity contribution < 1.29 is 23.0 Å². The zero-order valence-electron chi connectivity index (χ0n) is 15.1. The molecule has 1 rings (SSSR count). The maximum Gasteiger partial charge on any atom is 0.220 e. The van der Waals surface area contributed by atoms with E-state index in [0.717, 1.165) is 18.4 Å². The Hall–Kier alpha value is -1.44. The molecule has 7 heteroatoms. The van der Waals surface area contributed by atoms with Crippen molar-refractivity contribution in [1.82, 2.24) is 5.32 Å². The topological polar surface area (TPSA) is 77.0 Å². The van der Waals surface area contributed by atoms with Crippen LogP contribution in [0.2, 0.25) is 0 Å². The highest BCUT2D eigenvalue weighted by molar-refractivity contribution is 7.88. The molecular formula is C18H29NO5S. The maximum atomic E-state index is 11.9. The third-order valence-corrected chi connectivity index (χ3v) is 3.99. The molecule has 25 heavy (non-hydrogen) atoms. The molecule has 0 aliphatic rings. The zero-order chi connectivity index (χ0) is 18.3. The summed E-state index contributed by atoms with van der Waals surface area (Å²) < 4.78 is 23.7. The lowest BCUT2D eigenvalue weighted by molar-refractivity contribution is -0.121. The van der Waals surface area contributed by atoms with Crippen molar-refractivity contribution in [2.45, 2.75) is 58.4 Å². The smallest absolute Gasteiger partial charge is 0.220 e. The Morgan fingerprint density at radius 3 is 2.64 bits per heavy atom. The first-order valence-corrected chi connectivity index (χ1v) is 9.40. The first kappa shape index (κ1) is 21.6. The van der Waals surface area contributed by atoms with Crippen molar-refractivity contribution in [2.24, 2.45) is 0 Å². The minimum absolute atomic E-state index is 0.0724. The molecule has 0 radical (unpaired) electrons. The van der Waals surface area contributed by atoms with Crippen molar-refractivity contribution in [2.75, 3.05) is 13.9 Å². The molecule has 0 saturated heterocycles. The van der Waals surface area contributed by atoms with Crippen LogP contribution in [-0.4, -0.2) is 24.4 Å². The molecule has 1 aromatic carbocycles. The molecule has 2 N–H and O–H groups in total. The van der Waals surface area contributed by atoms with E-state index in [0.29, 0.717) is 24.5 Å². The molecule has 0 atom stereocenters. The molecule has 0 aliphatic heterocycles. The first-order chi connectivity index (χ1) is 12.2. The summed E-state index contributed by atoms with van der Waals surface area (Å²) in [5, 5.41) is 2.93. The van der Waals surface area contributed by atoms with E-state index in [2.05, 4.69) is 16.4 Å². The molecule has 6 nitrogen and oxygen atoms in total. The highest BCUT2D eigenvalue weighted by Gasteiger charge is 2.07. The molecule has 1 aromatic rings. The number of ether oxygens (including phenoxy) is 2. The fraction of sp³-hybridized carbons (Fsp3) is 0.611. The molecule has 0 aromatic heterocycles. The van der Waals surface area contributed by atoms with Crippen molar-refractivity contribution in [3.63, 3.8) is 0 Å². The Bertz CT molecular complexity index is 498. The fourth-order valence-corrected chi connectivity index (χ4v) is 2.50. The van der Waals surface area contributed by atoms with Crippen LogP contribution >= 0.6 is 12.3 Å². The van der Waals surface area contributed by atoms with E-state index in [-0.39, 0.29) is 25.0 Å². The molecule has 0 spiro atoms. The number of unbranched alkanes of at least 4 members (excludes halogenated alkanes) is 5. The Balaban J connectivity index is 2.32. The van der Waals surface area contributed by atoms with Crippen LogP contribution in [0, 0.1) is 0 Å². The lowest BCUT2D eigenvalue weighted by atomic mass is 10.1. The highest BCUT2D eigenvalue weighted by Crippen LogP contribution is 2.28. The second kappa shape index (κ2) is 13.8. The van der Waals surface area contributed by atoms with E-state index in [1.807, 2.05) is 12.1 Å². The Morgan fingerprint density at radius 2 is 1.92 bits per heavy atom. The van der Waals surface area contributed by atoms with Gasteiger partial charge in [-0.2, -0.15) is 0 Å². The number of amides is 1. The van der Waals surface area contributed by atoms with Crippen molar-refractivity contribution in [3.8, 4) is 11.5 Å². The molecule has 0 unspecified atom stereocenters. The summed E-state index contributed by atoms with van der Waals surface area (Å²) in [4.78, 5) is 11.9. The molecule has 1 amide bonds. The molecule has 0 aliphatic carbocycles. The Kier molecular flexibility index (Phi) is 11.9.